The molecule has 0 heterocycles. The molecule has 25 heavy (non-hydrogen) atoms. The SMILES string of the molecule is CCOC(=O)C(C)(C)C(Nc1ccccc1)c1ccc([N+](=O)[O-])cc1. The lowest BCUT2D eigenvalue weighted by Crippen LogP contribution is -2.37. The molecule has 0 saturated heterocycles. The van der Waals surface area contributed by atoms with Crippen LogP contribution in [0.1, 0.15) is 32.4 Å². The zero-order chi connectivity index (χ0) is 18.4. The van der Waals surface area contributed by atoms with Crippen LogP contribution in [0.5, 0.6) is 0 Å². The van der Waals surface area contributed by atoms with Crippen LogP contribution in [0.2, 0.25) is 0 Å². The smallest absolute Gasteiger partial charge is 0.313 e. The first kappa shape index (κ1) is 18.4. The number of carbonyl (C=O) groups is 1. The van der Waals surface area contributed by atoms with Crippen LogP contribution in [-0.4, -0.2) is 17.5 Å². The average molecular weight is 342 g/mol. The lowest BCUT2D eigenvalue weighted by Gasteiger charge is -2.34. The van der Waals surface area contributed by atoms with Crippen molar-refractivity contribution in [2.24, 2.45) is 5.41 Å². The van der Waals surface area contributed by atoms with Gasteiger partial charge in [0.05, 0.1) is 23.0 Å². The van der Waals surface area contributed by atoms with Crippen molar-refractivity contribution < 1.29 is 14.5 Å². The Kier molecular flexibility index (Phi) is 5.75. The van der Waals surface area contributed by atoms with E-state index in [2.05, 4.69) is 5.32 Å². The van der Waals surface area contributed by atoms with Gasteiger partial charge in [-0.05, 0) is 38.5 Å². The molecule has 0 saturated carbocycles. The van der Waals surface area contributed by atoms with E-state index in [0.717, 1.165) is 11.3 Å². The van der Waals surface area contributed by atoms with Gasteiger partial charge in [-0.15, -0.1) is 0 Å². The largest absolute Gasteiger partial charge is 0.466 e. The number of hydrogen-bond donors (Lipinski definition) is 1. The normalized spacial score (nSPS) is 12.3. The molecule has 6 heteroatoms. The van der Waals surface area contributed by atoms with Crippen LogP contribution in [-0.2, 0) is 9.53 Å². The highest BCUT2D eigenvalue weighted by Gasteiger charge is 2.39. The van der Waals surface area contributed by atoms with Crippen molar-refractivity contribution in [1.82, 2.24) is 0 Å². The molecule has 2 aromatic rings. The summed E-state index contributed by atoms with van der Waals surface area (Å²) in [4.78, 5) is 22.9. The first-order valence-corrected chi connectivity index (χ1v) is 8.09. The zero-order valence-corrected chi connectivity index (χ0v) is 14.6. The number of esters is 1. The minimum atomic E-state index is -0.873. The fourth-order valence-corrected chi connectivity index (χ4v) is 2.60. The average Bonchev–Trinajstić information content (AvgIpc) is 2.60. The van der Waals surface area contributed by atoms with E-state index >= 15 is 0 Å². The summed E-state index contributed by atoms with van der Waals surface area (Å²) >= 11 is 0. The number of non-ortho nitro benzene ring substituents is 1. The summed E-state index contributed by atoms with van der Waals surface area (Å²) in [7, 11) is 0. The standard InChI is InChI=1S/C19H22N2O4/c1-4-25-18(22)19(2,3)17(20-15-8-6-5-7-9-15)14-10-12-16(13-11-14)21(23)24/h5-13,17,20H,4H2,1-3H3. The van der Waals surface area contributed by atoms with Crippen LogP contribution in [0.15, 0.2) is 54.6 Å². The Balaban J connectivity index is 2.40. The highest BCUT2D eigenvalue weighted by Crippen LogP contribution is 2.38. The van der Waals surface area contributed by atoms with Crippen molar-refractivity contribution in [2.45, 2.75) is 26.8 Å². The van der Waals surface area contributed by atoms with Crippen LogP contribution in [0.3, 0.4) is 0 Å². The van der Waals surface area contributed by atoms with Crippen molar-refractivity contribution in [3.63, 3.8) is 0 Å². The molecule has 0 radical (unpaired) electrons. The summed E-state index contributed by atoms with van der Waals surface area (Å²) in [5.41, 5.74) is 0.758. The van der Waals surface area contributed by atoms with E-state index in [-0.39, 0.29) is 11.7 Å². The molecule has 0 aliphatic rings. The summed E-state index contributed by atoms with van der Waals surface area (Å²) in [5, 5.41) is 14.2. The Morgan fingerprint density at radius 1 is 1.16 bits per heavy atom. The monoisotopic (exact) mass is 342 g/mol. The molecule has 6 nitrogen and oxygen atoms in total. The van der Waals surface area contributed by atoms with E-state index in [9.17, 15) is 14.9 Å². The first-order chi connectivity index (χ1) is 11.9. The number of para-hydroxylation sites is 1. The summed E-state index contributed by atoms with van der Waals surface area (Å²) in [6, 6.07) is 15.3. The summed E-state index contributed by atoms with van der Waals surface area (Å²) in [6.45, 7) is 5.65. The Bertz CT molecular complexity index is 727. The number of nitrogens with zero attached hydrogens (tertiary/aromatic N) is 1. The fourth-order valence-electron chi connectivity index (χ4n) is 2.60. The third-order valence-electron chi connectivity index (χ3n) is 4.05. The van der Waals surface area contributed by atoms with E-state index in [1.807, 2.05) is 30.3 Å². The van der Waals surface area contributed by atoms with Gasteiger partial charge in [0.15, 0.2) is 0 Å². The predicted molar refractivity (Wildman–Crippen MR) is 96.3 cm³/mol. The maximum absolute atomic E-state index is 12.5. The van der Waals surface area contributed by atoms with Gasteiger partial charge in [-0.1, -0.05) is 30.3 Å². The number of rotatable bonds is 7. The predicted octanol–water partition coefficient (Wildman–Crippen LogP) is 4.34. The van der Waals surface area contributed by atoms with Crippen LogP contribution < -0.4 is 5.32 Å². The summed E-state index contributed by atoms with van der Waals surface area (Å²) in [6.07, 6.45) is 0. The van der Waals surface area contributed by atoms with E-state index in [0.29, 0.717) is 6.61 Å². The van der Waals surface area contributed by atoms with Crippen LogP contribution in [0.25, 0.3) is 0 Å². The molecule has 132 valence electrons. The molecule has 0 aliphatic carbocycles. The molecule has 0 bridgehead atoms. The molecule has 1 atom stereocenters. The number of nitro benzene ring substituents is 1. The number of benzene rings is 2. The van der Waals surface area contributed by atoms with Crippen molar-refractivity contribution in [1.29, 1.82) is 0 Å². The van der Waals surface area contributed by atoms with E-state index < -0.39 is 16.4 Å². The van der Waals surface area contributed by atoms with Crippen molar-refractivity contribution >= 4 is 17.3 Å². The summed E-state index contributed by atoms with van der Waals surface area (Å²) < 4.78 is 5.22. The number of hydrogen-bond acceptors (Lipinski definition) is 5. The fraction of sp³-hybridized carbons (Fsp3) is 0.316. The number of anilines is 1. The summed E-state index contributed by atoms with van der Waals surface area (Å²) in [5.74, 6) is -0.332. The van der Waals surface area contributed by atoms with Crippen molar-refractivity contribution in [2.75, 3.05) is 11.9 Å². The quantitative estimate of drug-likeness (QED) is 0.460. The van der Waals surface area contributed by atoms with Crippen molar-refractivity contribution in [3.8, 4) is 0 Å². The molecule has 1 N–H and O–H groups in total. The lowest BCUT2D eigenvalue weighted by atomic mass is 9.80. The molecule has 0 spiro atoms. The zero-order valence-electron chi connectivity index (χ0n) is 14.6. The molecule has 0 aromatic heterocycles. The maximum Gasteiger partial charge on any atom is 0.313 e. The van der Waals surface area contributed by atoms with Crippen LogP contribution >= 0.6 is 0 Å². The second-order valence-corrected chi connectivity index (χ2v) is 6.23. The minimum absolute atomic E-state index is 0.0103. The number of nitrogens with one attached hydrogen (secondary N) is 1. The van der Waals surface area contributed by atoms with Gasteiger partial charge in [0, 0.05) is 17.8 Å². The van der Waals surface area contributed by atoms with E-state index in [4.69, 9.17) is 4.74 Å². The van der Waals surface area contributed by atoms with Gasteiger partial charge in [0.1, 0.15) is 0 Å². The van der Waals surface area contributed by atoms with E-state index in [1.165, 1.54) is 12.1 Å². The van der Waals surface area contributed by atoms with Crippen molar-refractivity contribution in [3.05, 3.63) is 70.3 Å². The number of ether oxygens (including phenoxy) is 1. The molecular weight excluding hydrogens is 320 g/mol. The van der Waals surface area contributed by atoms with Crippen LogP contribution in [0.4, 0.5) is 11.4 Å². The maximum atomic E-state index is 12.5. The highest BCUT2D eigenvalue weighted by molar-refractivity contribution is 5.78. The number of carbonyl (C=O) groups excluding carboxylic acids is 1. The third kappa shape index (κ3) is 4.35. The van der Waals surface area contributed by atoms with Gasteiger partial charge in [-0.3, -0.25) is 14.9 Å². The molecule has 1 unspecified atom stereocenters. The van der Waals surface area contributed by atoms with Crippen LogP contribution in [0, 0.1) is 15.5 Å². The van der Waals surface area contributed by atoms with Gasteiger partial charge in [-0.25, -0.2) is 0 Å². The second-order valence-electron chi connectivity index (χ2n) is 6.23. The molecular formula is C19H22N2O4. The lowest BCUT2D eigenvalue weighted by molar-refractivity contribution is -0.384. The topological polar surface area (TPSA) is 81.5 Å². The minimum Gasteiger partial charge on any atom is -0.466 e. The van der Waals surface area contributed by atoms with Gasteiger partial charge in [-0.2, -0.15) is 0 Å². The Morgan fingerprint density at radius 2 is 1.76 bits per heavy atom. The van der Waals surface area contributed by atoms with E-state index in [1.54, 1.807) is 32.9 Å². The van der Waals surface area contributed by atoms with Gasteiger partial charge < -0.3 is 10.1 Å². The molecule has 0 fully saturated rings. The molecule has 2 rings (SSSR count). The van der Waals surface area contributed by atoms with Gasteiger partial charge >= 0.3 is 5.97 Å². The Morgan fingerprint density at radius 3 is 2.28 bits per heavy atom. The number of nitro groups is 1. The van der Waals surface area contributed by atoms with Gasteiger partial charge in [0.25, 0.3) is 5.69 Å². The molecule has 0 aliphatic heterocycles. The first-order valence-electron chi connectivity index (χ1n) is 8.09. The molecule has 2 aromatic carbocycles. The Hall–Kier alpha value is -2.89. The third-order valence-corrected chi connectivity index (χ3v) is 4.05. The highest BCUT2D eigenvalue weighted by atomic mass is 16.6. The molecule has 0 amide bonds. The second kappa shape index (κ2) is 7.79. The Labute approximate surface area is 147 Å². The van der Waals surface area contributed by atoms with Gasteiger partial charge in [0.2, 0.25) is 0 Å².